The maximum Gasteiger partial charge on any atom is 0.573 e. The van der Waals surface area contributed by atoms with Crippen LogP contribution in [0, 0.1) is 17.1 Å². The number of ether oxygens (including phenoxy) is 4. The monoisotopic (exact) mass is 529 g/mol. The van der Waals surface area contributed by atoms with Crippen molar-refractivity contribution in [2.75, 3.05) is 6.61 Å². The van der Waals surface area contributed by atoms with Gasteiger partial charge in [-0.1, -0.05) is 6.07 Å². The van der Waals surface area contributed by atoms with Gasteiger partial charge >= 0.3 is 12.3 Å². The van der Waals surface area contributed by atoms with Gasteiger partial charge in [-0.05, 0) is 43.2 Å². The highest BCUT2D eigenvalue weighted by molar-refractivity contribution is 5.69. The molecule has 1 N–H and O–H groups in total. The van der Waals surface area contributed by atoms with Crippen LogP contribution in [-0.4, -0.2) is 24.0 Å². The van der Waals surface area contributed by atoms with Crippen molar-refractivity contribution in [1.29, 1.82) is 5.26 Å². The lowest BCUT2D eigenvalue weighted by Crippen LogP contribution is -2.17. The number of aliphatic carboxylic acids is 1. The molecule has 3 aromatic carbocycles. The fourth-order valence-corrected chi connectivity index (χ4v) is 4.73. The van der Waals surface area contributed by atoms with Crippen molar-refractivity contribution in [2.24, 2.45) is 0 Å². The summed E-state index contributed by atoms with van der Waals surface area (Å²) in [7, 11) is 0. The van der Waals surface area contributed by atoms with Crippen LogP contribution in [0.1, 0.15) is 47.1 Å². The van der Waals surface area contributed by atoms with Gasteiger partial charge in [0.1, 0.15) is 46.7 Å². The van der Waals surface area contributed by atoms with Gasteiger partial charge in [0, 0.05) is 34.7 Å². The normalized spacial score (nSPS) is 17.7. The predicted molar refractivity (Wildman–Crippen MR) is 123 cm³/mol. The number of nitriles is 1. The van der Waals surface area contributed by atoms with Crippen LogP contribution in [0.15, 0.2) is 48.5 Å². The first-order valence-electron chi connectivity index (χ1n) is 11.6. The zero-order chi connectivity index (χ0) is 27.0. The van der Waals surface area contributed by atoms with Crippen LogP contribution >= 0.6 is 0 Å². The largest absolute Gasteiger partial charge is 0.573 e. The molecule has 0 saturated heterocycles. The Morgan fingerprint density at radius 1 is 1.11 bits per heavy atom. The number of carbonyl (C=O) groups is 1. The Hall–Kier alpha value is -4.46. The maximum absolute atomic E-state index is 14.9. The van der Waals surface area contributed by atoms with Gasteiger partial charge in [-0.3, -0.25) is 4.79 Å². The van der Waals surface area contributed by atoms with Crippen molar-refractivity contribution in [1.82, 2.24) is 0 Å². The van der Waals surface area contributed by atoms with Gasteiger partial charge < -0.3 is 24.1 Å². The lowest BCUT2D eigenvalue weighted by atomic mass is 9.98. The van der Waals surface area contributed by atoms with E-state index in [4.69, 9.17) is 19.3 Å². The summed E-state index contributed by atoms with van der Waals surface area (Å²) < 4.78 is 73.9. The molecule has 1 aliphatic carbocycles. The number of hydrogen-bond acceptors (Lipinski definition) is 6. The standard InChI is InChI=1S/C27H19F4NO6/c28-20-5-8-22(37-21-6-2-17(9-14(21)12-32)38-27(29,30)31)19-4-7-23(26(19)20)36-16-1-3-18-15(10-25(33)34)13-35-24(18)11-16/h1-3,5-6,8-9,11,15,23H,4,7,10,13H2,(H,33,34)/t15?,23-/m1/s1. The van der Waals surface area contributed by atoms with Crippen LogP contribution in [0.4, 0.5) is 17.6 Å². The lowest BCUT2D eigenvalue weighted by molar-refractivity contribution is -0.274. The van der Waals surface area contributed by atoms with Crippen molar-refractivity contribution in [2.45, 2.75) is 37.6 Å². The zero-order valence-electron chi connectivity index (χ0n) is 19.5. The first-order valence-corrected chi connectivity index (χ1v) is 11.6. The Labute approximate surface area is 213 Å². The summed E-state index contributed by atoms with van der Waals surface area (Å²) >= 11 is 0. The number of halogens is 4. The molecule has 0 aromatic heterocycles. The molecule has 11 heteroatoms. The fraction of sp³-hybridized carbons (Fsp3) is 0.259. The minimum Gasteiger partial charge on any atom is -0.492 e. The average Bonchev–Trinajstić information content (AvgIpc) is 3.45. The highest BCUT2D eigenvalue weighted by atomic mass is 19.4. The van der Waals surface area contributed by atoms with Crippen LogP contribution in [0.3, 0.4) is 0 Å². The summed E-state index contributed by atoms with van der Waals surface area (Å²) in [4.78, 5) is 11.1. The third kappa shape index (κ3) is 5.16. The molecule has 2 atom stereocenters. The molecule has 2 aliphatic rings. The molecule has 0 radical (unpaired) electrons. The number of hydrogen-bond donors (Lipinski definition) is 1. The molecule has 3 aromatic rings. The van der Waals surface area contributed by atoms with Crippen molar-refractivity contribution in [3.05, 3.63) is 76.6 Å². The van der Waals surface area contributed by atoms with E-state index in [0.29, 0.717) is 29.9 Å². The summed E-state index contributed by atoms with van der Waals surface area (Å²) in [6, 6.07) is 12.6. The summed E-state index contributed by atoms with van der Waals surface area (Å²) in [6.45, 7) is 0.251. The number of benzene rings is 3. The second-order valence-corrected chi connectivity index (χ2v) is 8.81. The van der Waals surface area contributed by atoms with Crippen LogP contribution in [0.5, 0.6) is 28.7 Å². The molecule has 0 spiro atoms. The second-order valence-electron chi connectivity index (χ2n) is 8.81. The van der Waals surface area contributed by atoms with Gasteiger partial charge in [0.05, 0.1) is 18.6 Å². The molecule has 5 rings (SSSR count). The molecule has 196 valence electrons. The summed E-state index contributed by atoms with van der Waals surface area (Å²) in [5.41, 5.74) is 1.39. The van der Waals surface area contributed by atoms with E-state index in [1.54, 1.807) is 24.3 Å². The Morgan fingerprint density at radius 2 is 1.87 bits per heavy atom. The van der Waals surface area contributed by atoms with Gasteiger partial charge in [0.2, 0.25) is 0 Å². The van der Waals surface area contributed by atoms with E-state index in [1.807, 2.05) is 0 Å². The van der Waals surface area contributed by atoms with Gasteiger partial charge in [-0.15, -0.1) is 13.2 Å². The SMILES string of the molecule is N#Cc1cc(OC(F)(F)F)ccc1Oc1ccc(F)c2c1CC[C@H]2Oc1ccc2c(c1)OCC2CC(=O)O. The number of alkyl halides is 3. The summed E-state index contributed by atoms with van der Waals surface area (Å²) in [5, 5.41) is 18.5. The molecule has 1 aliphatic heterocycles. The Morgan fingerprint density at radius 3 is 2.61 bits per heavy atom. The van der Waals surface area contributed by atoms with E-state index in [1.165, 1.54) is 18.2 Å². The van der Waals surface area contributed by atoms with E-state index in [2.05, 4.69) is 4.74 Å². The number of rotatable bonds is 7. The number of fused-ring (bicyclic) bond motifs is 2. The molecule has 1 heterocycles. The Balaban J connectivity index is 1.37. The summed E-state index contributed by atoms with van der Waals surface area (Å²) in [5.74, 6) is -1.06. The molecule has 0 bridgehead atoms. The van der Waals surface area contributed by atoms with E-state index in [0.717, 1.165) is 17.7 Å². The van der Waals surface area contributed by atoms with Crippen molar-refractivity contribution >= 4 is 5.97 Å². The number of nitrogens with zero attached hydrogens (tertiary/aromatic N) is 1. The quantitative estimate of drug-likeness (QED) is 0.354. The zero-order valence-corrected chi connectivity index (χ0v) is 19.5. The van der Waals surface area contributed by atoms with Crippen molar-refractivity contribution in [3.8, 4) is 34.8 Å². The van der Waals surface area contributed by atoms with Gasteiger partial charge in [-0.2, -0.15) is 5.26 Å². The van der Waals surface area contributed by atoms with Gasteiger partial charge in [0.15, 0.2) is 0 Å². The Bertz CT molecular complexity index is 1450. The first-order chi connectivity index (χ1) is 18.1. The third-order valence-corrected chi connectivity index (χ3v) is 6.33. The van der Waals surface area contributed by atoms with E-state index in [9.17, 15) is 27.6 Å². The van der Waals surface area contributed by atoms with Crippen LogP contribution in [0.25, 0.3) is 0 Å². The molecular weight excluding hydrogens is 510 g/mol. The number of carboxylic acids is 1. The van der Waals surface area contributed by atoms with Crippen LogP contribution in [0.2, 0.25) is 0 Å². The van der Waals surface area contributed by atoms with Crippen molar-refractivity contribution in [3.63, 3.8) is 0 Å². The summed E-state index contributed by atoms with van der Waals surface area (Å²) in [6.07, 6.45) is -4.79. The van der Waals surface area contributed by atoms with Crippen LogP contribution < -0.4 is 18.9 Å². The van der Waals surface area contributed by atoms with E-state index in [-0.39, 0.29) is 41.6 Å². The predicted octanol–water partition coefficient (Wildman–Crippen LogP) is 6.41. The van der Waals surface area contributed by atoms with Crippen LogP contribution in [-0.2, 0) is 11.2 Å². The van der Waals surface area contributed by atoms with Gasteiger partial charge in [0.25, 0.3) is 0 Å². The maximum atomic E-state index is 14.9. The fourth-order valence-electron chi connectivity index (χ4n) is 4.73. The highest BCUT2D eigenvalue weighted by Gasteiger charge is 2.33. The molecule has 0 amide bonds. The minimum absolute atomic E-state index is 0.00751. The second kappa shape index (κ2) is 9.78. The van der Waals surface area contributed by atoms with Gasteiger partial charge in [-0.25, -0.2) is 4.39 Å². The smallest absolute Gasteiger partial charge is 0.492 e. The minimum atomic E-state index is -4.91. The first kappa shape index (κ1) is 25.2. The molecule has 7 nitrogen and oxygen atoms in total. The Kier molecular flexibility index (Phi) is 6.48. The topological polar surface area (TPSA) is 98.0 Å². The molecule has 0 saturated carbocycles. The van der Waals surface area contributed by atoms with E-state index >= 15 is 0 Å². The highest BCUT2D eigenvalue weighted by Crippen LogP contribution is 2.45. The molecule has 1 unspecified atom stereocenters. The molecule has 0 fully saturated rings. The molecular formula is C27H19F4NO6. The average molecular weight is 529 g/mol. The lowest BCUT2D eigenvalue weighted by Gasteiger charge is -2.18. The number of carboxylic acid groups (broad SMARTS) is 1. The van der Waals surface area contributed by atoms with Crippen molar-refractivity contribution < 1.29 is 46.4 Å². The van der Waals surface area contributed by atoms with E-state index < -0.39 is 30.0 Å². The molecule has 38 heavy (non-hydrogen) atoms. The third-order valence-electron chi connectivity index (χ3n) is 6.33.